The number of para-hydroxylation sites is 1. The van der Waals surface area contributed by atoms with Crippen LogP contribution < -0.4 is 15.0 Å². The number of hydrogen-bond acceptors (Lipinski definition) is 3. The highest BCUT2D eigenvalue weighted by molar-refractivity contribution is 6.07. The zero-order chi connectivity index (χ0) is 20.9. The van der Waals surface area contributed by atoms with Gasteiger partial charge in [-0.1, -0.05) is 18.2 Å². The van der Waals surface area contributed by atoms with E-state index in [0.29, 0.717) is 23.5 Å². The van der Waals surface area contributed by atoms with E-state index < -0.39 is 0 Å². The molecule has 4 rings (SSSR count). The molecule has 0 spiro atoms. The number of amides is 2. The Labute approximate surface area is 174 Å². The van der Waals surface area contributed by atoms with Crippen LogP contribution in [0, 0.1) is 5.82 Å². The molecule has 0 aromatic heterocycles. The van der Waals surface area contributed by atoms with E-state index in [2.05, 4.69) is 5.32 Å². The molecule has 2 amide bonds. The number of carbonyl (C=O) groups excluding carboxylic acids is 2. The molecule has 3 aromatic carbocycles. The summed E-state index contributed by atoms with van der Waals surface area (Å²) in [4.78, 5) is 26.7. The quantitative estimate of drug-likeness (QED) is 0.661. The van der Waals surface area contributed by atoms with E-state index >= 15 is 0 Å². The molecule has 6 heteroatoms. The van der Waals surface area contributed by atoms with Gasteiger partial charge in [0.25, 0.3) is 5.91 Å². The third kappa shape index (κ3) is 4.49. The summed E-state index contributed by atoms with van der Waals surface area (Å²) in [5.74, 6) is -0.0818. The van der Waals surface area contributed by atoms with Crippen LogP contribution in [0.2, 0.25) is 0 Å². The van der Waals surface area contributed by atoms with Crippen LogP contribution in [0.3, 0.4) is 0 Å². The van der Waals surface area contributed by atoms with Gasteiger partial charge in [0.1, 0.15) is 11.6 Å². The molecule has 30 heavy (non-hydrogen) atoms. The van der Waals surface area contributed by atoms with E-state index in [0.717, 1.165) is 12.1 Å². The van der Waals surface area contributed by atoms with E-state index in [9.17, 15) is 14.0 Å². The Bertz CT molecular complexity index is 1050. The van der Waals surface area contributed by atoms with E-state index in [-0.39, 0.29) is 30.7 Å². The average Bonchev–Trinajstić information content (AvgIpc) is 3.19. The fraction of sp³-hybridized carbons (Fsp3) is 0.167. The van der Waals surface area contributed by atoms with Crippen molar-refractivity contribution in [3.05, 3.63) is 89.7 Å². The highest BCUT2D eigenvalue weighted by atomic mass is 19.1. The van der Waals surface area contributed by atoms with Crippen molar-refractivity contribution in [2.45, 2.75) is 12.8 Å². The van der Waals surface area contributed by atoms with Crippen molar-refractivity contribution in [2.24, 2.45) is 0 Å². The van der Waals surface area contributed by atoms with Crippen LogP contribution >= 0.6 is 0 Å². The van der Waals surface area contributed by atoms with Crippen molar-refractivity contribution in [2.75, 3.05) is 23.4 Å². The van der Waals surface area contributed by atoms with Gasteiger partial charge in [-0.2, -0.15) is 0 Å². The van der Waals surface area contributed by atoms with Crippen molar-refractivity contribution in [1.82, 2.24) is 0 Å². The van der Waals surface area contributed by atoms with Crippen LogP contribution in [0.4, 0.5) is 15.8 Å². The first-order valence-electron chi connectivity index (χ1n) is 9.78. The molecule has 0 fully saturated rings. The summed E-state index contributed by atoms with van der Waals surface area (Å²) in [5.41, 5.74) is 3.32. The number of rotatable bonds is 6. The Balaban J connectivity index is 1.29. The lowest BCUT2D eigenvalue weighted by Gasteiger charge is -2.17. The molecule has 5 nitrogen and oxygen atoms in total. The highest BCUT2D eigenvalue weighted by Gasteiger charge is 2.24. The van der Waals surface area contributed by atoms with Crippen molar-refractivity contribution in [3.8, 4) is 5.75 Å². The third-order valence-electron chi connectivity index (χ3n) is 4.96. The minimum atomic E-state index is -0.337. The first-order chi connectivity index (χ1) is 14.6. The molecule has 0 radical (unpaired) electrons. The van der Waals surface area contributed by atoms with E-state index in [1.807, 2.05) is 24.3 Å². The first kappa shape index (κ1) is 19.6. The van der Waals surface area contributed by atoms with Crippen molar-refractivity contribution < 1.29 is 18.7 Å². The zero-order valence-corrected chi connectivity index (χ0v) is 16.3. The molecule has 0 aliphatic carbocycles. The van der Waals surface area contributed by atoms with Crippen molar-refractivity contribution in [3.63, 3.8) is 0 Å². The summed E-state index contributed by atoms with van der Waals surface area (Å²) in [5, 5.41) is 2.78. The molecule has 1 aliphatic heterocycles. The van der Waals surface area contributed by atoms with E-state index in [1.165, 1.54) is 29.8 Å². The van der Waals surface area contributed by atoms with Crippen LogP contribution in [0.5, 0.6) is 5.75 Å². The highest BCUT2D eigenvalue weighted by Crippen LogP contribution is 2.29. The maximum absolute atomic E-state index is 12.9. The Morgan fingerprint density at radius 1 is 0.967 bits per heavy atom. The fourth-order valence-corrected chi connectivity index (χ4v) is 3.42. The standard InChI is InChI=1S/C24H21FN2O3/c25-19-7-11-21(12-8-19)30-16-14-23(28)26-20-9-5-18(6-10-20)24(29)27-15-13-17-3-1-2-4-22(17)27/h1-12H,13-16H2,(H,26,28). The third-order valence-corrected chi connectivity index (χ3v) is 4.96. The van der Waals surface area contributed by atoms with Gasteiger partial charge in [-0.25, -0.2) is 4.39 Å². The van der Waals surface area contributed by atoms with Gasteiger partial charge in [-0.15, -0.1) is 0 Å². The maximum atomic E-state index is 12.9. The summed E-state index contributed by atoms with van der Waals surface area (Å²) in [6.45, 7) is 0.854. The van der Waals surface area contributed by atoms with E-state index in [4.69, 9.17) is 4.74 Å². The van der Waals surface area contributed by atoms with Gasteiger partial charge in [0.05, 0.1) is 13.0 Å². The molecule has 0 bridgehead atoms. The molecule has 1 N–H and O–H groups in total. The van der Waals surface area contributed by atoms with Gasteiger partial charge in [-0.05, 0) is 66.6 Å². The Morgan fingerprint density at radius 3 is 2.47 bits per heavy atom. The normalized spacial score (nSPS) is 12.4. The lowest BCUT2D eigenvalue weighted by molar-refractivity contribution is -0.116. The lowest BCUT2D eigenvalue weighted by atomic mass is 10.1. The monoisotopic (exact) mass is 404 g/mol. The summed E-state index contributed by atoms with van der Waals surface area (Å²) >= 11 is 0. The number of fused-ring (bicyclic) bond motifs is 1. The summed E-state index contributed by atoms with van der Waals surface area (Å²) in [6, 6.07) is 20.4. The van der Waals surface area contributed by atoms with Crippen LogP contribution in [-0.4, -0.2) is 25.0 Å². The van der Waals surface area contributed by atoms with Gasteiger partial charge in [0.2, 0.25) is 5.91 Å². The predicted octanol–water partition coefficient (Wildman–Crippen LogP) is 4.44. The lowest BCUT2D eigenvalue weighted by Crippen LogP contribution is -2.28. The molecule has 0 saturated carbocycles. The minimum absolute atomic E-state index is 0.0504. The van der Waals surface area contributed by atoms with Gasteiger partial charge < -0.3 is 15.0 Å². The SMILES string of the molecule is O=C(CCOc1ccc(F)cc1)Nc1ccc(C(=O)N2CCc3ccccc32)cc1. The summed E-state index contributed by atoms with van der Waals surface area (Å²) in [7, 11) is 0. The van der Waals surface area contributed by atoms with Crippen LogP contribution in [0.1, 0.15) is 22.3 Å². The molecule has 152 valence electrons. The van der Waals surface area contributed by atoms with Gasteiger partial charge in [-0.3, -0.25) is 9.59 Å². The Kier molecular flexibility index (Phi) is 5.75. The molecule has 3 aromatic rings. The number of ether oxygens (including phenoxy) is 1. The Hall–Kier alpha value is -3.67. The smallest absolute Gasteiger partial charge is 0.258 e. The molecular weight excluding hydrogens is 383 g/mol. The van der Waals surface area contributed by atoms with Crippen LogP contribution in [0.15, 0.2) is 72.8 Å². The van der Waals surface area contributed by atoms with Crippen molar-refractivity contribution >= 4 is 23.2 Å². The number of benzene rings is 3. The minimum Gasteiger partial charge on any atom is -0.493 e. The summed E-state index contributed by atoms with van der Waals surface area (Å²) < 4.78 is 18.3. The molecular formula is C24H21FN2O3. The zero-order valence-electron chi connectivity index (χ0n) is 16.3. The van der Waals surface area contributed by atoms with Crippen molar-refractivity contribution in [1.29, 1.82) is 0 Å². The summed E-state index contributed by atoms with van der Waals surface area (Å²) in [6.07, 6.45) is 1.01. The fourth-order valence-electron chi connectivity index (χ4n) is 3.42. The van der Waals surface area contributed by atoms with Gasteiger partial charge in [0.15, 0.2) is 0 Å². The maximum Gasteiger partial charge on any atom is 0.258 e. The number of carbonyl (C=O) groups is 2. The second kappa shape index (κ2) is 8.78. The number of nitrogens with zero attached hydrogens (tertiary/aromatic N) is 1. The van der Waals surface area contributed by atoms with E-state index in [1.54, 1.807) is 29.2 Å². The molecule has 0 saturated heterocycles. The second-order valence-electron chi connectivity index (χ2n) is 7.01. The number of halogens is 1. The first-order valence-corrected chi connectivity index (χ1v) is 9.78. The van der Waals surface area contributed by atoms with Gasteiger partial charge in [0, 0.05) is 23.5 Å². The topological polar surface area (TPSA) is 58.6 Å². The molecule has 0 atom stereocenters. The Morgan fingerprint density at radius 2 is 1.70 bits per heavy atom. The van der Waals surface area contributed by atoms with Gasteiger partial charge >= 0.3 is 0 Å². The van der Waals surface area contributed by atoms with Crippen LogP contribution in [0.25, 0.3) is 0 Å². The number of anilines is 2. The predicted molar refractivity (Wildman–Crippen MR) is 113 cm³/mol. The van der Waals surface area contributed by atoms with Crippen LogP contribution in [-0.2, 0) is 11.2 Å². The number of hydrogen-bond donors (Lipinski definition) is 1. The molecule has 0 unspecified atom stereocenters. The number of nitrogens with one attached hydrogen (secondary N) is 1. The molecule has 1 aliphatic rings. The second-order valence-corrected chi connectivity index (χ2v) is 7.01. The average molecular weight is 404 g/mol. The molecule has 1 heterocycles. The largest absolute Gasteiger partial charge is 0.493 e.